The molecule has 1 unspecified atom stereocenters. The number of halogens is 1. The zero-order chi connectivity index (χ0) is 19.2. The van der Waals surface area contributed by atoms with Crippen LogP contribution in [0.3, 0.4) is 0 Å². The topological polar surface area (TPSA) is 18.5 Å². The van der Waals surface area contributed by atoms with E-state index >= 15 is 0 Å². The third-order valence-corrected chi connectivity index (χ3v) is 12.1. The van der Waals surface area contributed by atoms with Gasteiger partial charge in [0, 0.05) is 16.3 Å². The minimum absolute atomic E-state index is 0.299. The summed E-state index contributed by atoms with van der Waals surface area (Å²) in [6.45, 7) is 11.7. The number of hydrogen-bond donors (Lipinski definition) is 0. The lowest BCUT2D eigenvalue weighted by Crippen LogP contribution is -2.55. The molecule has 1 aromatic carbocycles. The highest BCUT2D eigenvalue weighted by Crippen LogP contribution is 2.38. The molecule has 0 aromatic heterocycles. The van der Waals surface area contributed by atoms with E-state index in [1.807, 2.05) is 0 Å². The zero-order valence-electron chi connectivity index (χ0n) is 17.2. The highest BCUT2D eigenvalue weighted by atomic mass is 127. The first-order chi connectivity index (χ1) is 12.5. The fraction of sp³-hybridized carbons (Fsp3) is 0.727. The van der Waals surface area contributed by atoms with Crippen molar-refractivity contribution in [3.63, 3.8) is 0 Å². The lowest BCUT2D eigenvalue weighted by molar-refractivity contribution is -0.150. The van der Waals surface area contributed by atoms with Crippen LogP contribution in [0.1, 0.15) is 46.6 Å². The van der Waals surface area contributed by atoms with Crippen LogP contribution in [0.15, 0.2) is 30.3 Å². The molecule has 1 saturated heterocycles. The van der Waals surface area contributed by atoms with Gasteiger partial charge in [0.05, 0.1) is 18.3 Å². The van der Waals surface area contributed by atoms with E-state index in [4.69, 9.17) is 9.16 Å². The maximum Gasteiger partial charge on any atom is 0.192 e. The maximum absolute atomic E-state index is 7.02. The number of aryl methyl sites for hydroxylation is 1. The Labute approximate surface area is 175 Å². The summed E-state index contributed by atoms with van der Waals surface area (Å²) in [4.78, 5) is 0. The molecule has 0 bridgehead atoms. The van der Waals surface area contributed by atoms with E-state index in [2.05, 4.69) is 87.5 Å². The molecule has 0 amide bonds. The Balaban J connectivity index is 2.12. The quantitative estimate of drug-likeness (QED) is 0.225. The van der Waals surface area contributed by atoms with Gasteiger partial charge in [0.1, 0.15) is 0 Å². The van der Waals surface area contributed by atoms with E-state index in [9.17, 15) is 0 Å². The second-order valence-corrected chi connectivity index (χ2v) is 13.5. The van der Waals surface area contributed by atoms with Crippen molar-refractivity contribution in [2.24, 2.45) is 11.8 Å². The Hall–Kier alpha value is 0.0869. The molecular weight excluding hydrogens is 451 g/mol. The summed E-state index contributed by atoms with van der Waals surface area (Å²) in [7, 11) is -1.61. The number of rotatable bonds is 9. The van der Waals surface area contributed by atoms with Gasteiger partial charge in [-0.1, -0.05) is 87.5 Å². The number of hydrogen-bond acceptors (Lipinski definition) is 2. The Bertz CT molecular complexity index is 512. The fourth-order valence-corrected chi connectivity index (χ4v) is 8.36. The predicted octanol–water partition coefficient (Wildman–Crippen LogP) is 6.48. The number of alkyl halides is 1. The van der Waals surface area contributed by atoms with Gasteiger partial charge in [0.25, 0.3) is 0 Å². The predicted molar refractivity (Wildman–Crippen MR) is 123 cm³/mol. The van der Waals surface area contributed by atoms with Crippen molar-refractivity contribution in [2.75, 3.05) is 4.43 Å². The lowest BCUT2D eigenvalue weighted by Gasteiger charge is -2.48. The molecule has 5 atom stereocenters. The molecule has 0 radical (unpaired) electrons. The van der Waals surface area contributed by atoms with Crippen LogP contribution in [-0.4, -0.2) is 31.1 Å². The highest BCUT2D eigenvalue weighted by molar-refractivity contribution is 14.1. The van der Waals surface area contributed by atoms with Gasteiger partial charge in [-0.25, -0.2) is 0 Å². The van der Waals surface area contributed by atoms with Crippen molar-refractivity contribution in [3.05, 3.63) is 35.9 Å². The number of benzene rings is 1. The normalized spacial score (nSPS) is 29.7. The van der Waals surface area contributed by atoms with Gasteiger partial charge < -0.3 is 9.16 Å². The average Bonchev–Trinajstić information content (AvgIpc) is 2.69. The zero-order valence-corrected chi connectivity index (χ0v) is 20.4. The Morgan fingerprint density at radius 1 is 0.962 bits per heavy atom. The first-order valence-corrected chi connectivity index (χ1v) is 14.5. The standard InChI is InChI=1S/C22H37IO2Si/c1-6-26(7-2,8-3)25-22-17(4)20(24-21(16-23)18(22)5)15-14-19-12-10-9-11-13-19/h9-13,17-18,20-22H,6-8,14-16H2,1-5H3/t17-,18+,20+,21-,22?/m1/s1. The molecule has 4 heteroatoms. The van der Waals surface area contributed by atoms with Crippen molar-refractivity contribution >= 4 is 30.9 Å². The summed E-state index contributed by atoms with van der Waals surface area (Å²) in [5.74, 6) is 0.941. The second kappa shape index (κ2) is 10.6. The van der Waals surface area contributed by atoms with Gasteiger partial charge in [-0.15, -0.1) is 0 Å². The summed E-state index contributed by atoms with van der Waals surface area (Å²) in [6.07, 6.45) is 3.13. The summed E-state index contributed by atoms with van der Waals surface area (Å²) in [6, 6.07) is 14.5. The van der Waals surface area contributed by atoms with Crippen LogP contribution >= 0.6 is 22.6 Å². The van der Waals surface area contributed by atoms with Gasteiger partial charge in [-0.05, 0) is 36.5 Å². The third-order valence-electron chi connectivity index (χ3n) is 6.59. The molecular formula is C22H37IO2Si. The lowest BCUT2D eigenvalue weighted by atomic mass is 9.81. The van der Waals surface area contributed by atoms with Crippen LogP contribution in [0, 0.1) is 11.8 Å². The molecule has 26 heavy (non-hydrogen) atoms. The van der Waals surface area contributed by atoms with Crippen molar-refractivity contribution in [1.82, 2.24) is 0 Å². The average molecular weight is 489 g/mol. The van der Waals surface area contributed by atoms with Gasteiger partial charge in [0.2, 0.25) is 0 Å². The van der Waals surface area contributed by atoms with Crippen molar-refractivity contribution < 1.29 is 9.16 Å². The van der Waals surface area contributed by atoms with Crippen LogP contribution in [0.2, 0.25) is 18.1 Å². The Morgan fingerprint density at radius 3 is 2.08 bits per heavy atom. The van der Waals surface area contributed by atoms with E-state index in [1.165, 1.54) is 23.7 Å². The number of ether oxygens (including phenoxy) is 1. The minimum atomic E-state index is -1.61. The first-order valence-electron chi connectivity index (χ1n) is 10.4. The molecule has 0 N–H and O–H groups in total. The summed E-state index contributed by atoms with van der Waals surface area (Å²) in [5.41, 5.74) is 1.41. The molecule has 1 fully saturated rings. The molecule has 0 aliphatic carbocycles. The van der Waals surface area contributed by atoms with Gasteiger partial charge >= 0.3 is 0 Å². The molecule has 1 aromatic rings. The second-order valence-electron chi connectivity index (χ2n) is 7.94. The van der Waals surface area contributed by atoms with Crippen molar-refractivity contribution in [1.29, 1.82) is 0 Å². The van der Waals surface area contributed by atoms with Crippen LogP contribution in [0.25, 0.3) is 0 Å². The van der Waals surface area contributed by atoms with Gasteiger partial charge in [-0.2, -0.15) is 0 Å². The largest absolute Gasteiger partial charge is 0.413 e. The molecule has 0 spiro atoms. The Kier molecular flexibility index (Phi) is 9.11. The molecule has 0 saturated carbocycles. The molecule has 1 heterocycles. The van der Waals surface area contributed by atoms with Crippen LogP contribution in [0.4, 0.5) is 0 Å². The van der Waals surface area contributed by atoms with E-state index in [-0.39, 0.29) is 0 Å². The summed E-state index contributed by atoms with van der Waals surface area (Å²) < 4.78 is 14.6. The molecule has 148 valence electrons. The van der Waals surface area contributed by atoms with Crippen molar-refractivity contribution in [2.45, 2.75) is 83.9 Å². The van der Waals surface area contributed by atoms with Crippen LogP contribution in [-0.2, 0) is 15.6 Å². The van der Waals surface area contributed by atoms with E-state index in [1.54, 1.807) is 0 Å². The van der Waals surface area contributed by atoms with E-state index < -0.39 is 8.32 Å². The minimum Gasteiger partial charge on any atom is -0.413 e. The Morgan fingerprint density at radius 2 is 1.54 bits per heavy atom. The molecule has 1 aliphatic heterocycles. The first kappa shape index (κ1) is 22.4. The maximum atomic E-state index is 7.02. The summed E-state index contributed by atoms with van der Waals surface area (Å²) >= 11 is 2.48. The van der Waals surface area contributed by atoms with Gasteiger partial charge in [0.15, 0.2) is 8.32 Å². The smallest absolute Gasteiger partial charge is 0.192 e. The molecule has 1 aliphatic rings. The summed E-state index contributed by atoms with van der Waals surface area (Å²) in [5, 5.41) is 0. The van der Waals surface area contributed by atoms with Crippen LogP contribution in [0.5, 0.6) is 0 Å². The molecule has 2 rings (SSSR count). The van der Waals surface area contributed by atoms with Crippen LogP contribution < -0.4 is 0 Å². The third kappa shape index (κ3) is 5.33. The SMILES string of the molecule is CC[Si](CC)(CC)OC1[C@@H](C)[C@@H](CI)O[C@@H](CCc2ccccc2)[C@H]1C. The van der Waals surface area contributed by atoms with E-state index in [0.717, 1.165) is 17.3 Å². The van der Waals surface area contributed by atoms with E-state index in [0.29, 0.717) is 30.1 Å². The van der Waals surface area contributed by atoms with Gasteiger partial charge in [-0.3, -0.25) is 0 Å². The van der Waals surface area contributed by atoms with Crippen molar-refractivity contribution in [3.8, 4) is 0 Å². The molecule has 2 nitrogen and oxygen atoms in total. The fourth-order valence-electron chi connectivity index (χ4n) is 4.34. The monoisotopic (exact) mass is 488 g/mol. The highest BCUT2D eigenvalue weighted by Gasteiger charge is 2.44.